The predicted octanol–water partition coefficient (Wildman–Crippen LogP) is 2.55. The molecule has 86 valence electrons. The molecule has 1 aromatic carbocycles. The molecule has 4 heteroatoms. The van der Waals surface area contributed by atoms with Gasteiger partial charge in [0.15, 0.2) is 11.6 Å². The van der Waals surface area contributed by atoms with Gasteiger partial charge in [-0.05, 0) is 37.5 Å². The van der Waals surface area contributed by atoms with Crippen molar-refractivity contribution in [3.05, 3.63) is 35.4 Å². The van der Waals surface area contributed by atoms with Crippen molar-refractivity contribution in [1.29, 1.82) is 0 Å². The van der Waals surface area contributed by atoms with Gasteiger partial charge in [-0.15, -0.1) is 0 Å². The summed E-state index contributed by atoms with van der Waals surface area (Å²) in [7, 11) is 0. The molecule has 0 aliphatic heterocycles. The number of amides is 1. The minimum absolute atomic E-state index is 0.00256. The van der Waals surface area contributed by atoms with Gasteiger partial charge in [-0.2, -0.15) is 0 Å². The number of hydrogen-bond donors (Lipinski definition) is 1. The molecule has 0 saturated heterocycles. The molecule has 16 heavy (non-hydrogen) atoms. The van der Waals surface area contributed by atoms with Gasteiger partial charge in [-0.25, -0.2) is 8.78 Å². The van der Waals surface area contributed by atoms with Gasteiger partial charge >= 0.3 is 0 Å². The highest BCUT2D eigenvalue weighted by molar-refractivity contribution is 5.81. The third kappa shape index (κ3) is 2.38. The first-order valence-electron chi connectivity index (χ1n) is 5.33. The molecule has 2 nitrogen and oxygen atoms in total. The molecule has 0 heterocycles. The SMILES string of the molecule is CC(NC(=O)C1CC1)c1ccc(F)c(F)c1. The summed E-state index contributed by atoms with van der Waals surface area (Å²) in [5.74, 6) is -1.64. The third-order valence-corrected chi connectivity index (χ3v) is 2.75. The molecule has 1 unspecified atom stereocenters. The molecule has 0 spiro atoms. The van der Waals surface area contributed by atoms with Crippen molar-refractivity contribution >= 4 is 5.91 Å². The first-order chi connectivity index (χ1) is 7.58. The lowest BCUT2D eigenvalue weighted by atomic mass is 10.1. The number of benzene rings is 1. The van der Waals surface area contributed by atoms with E-state index in [-0.39, 0.29) is 17.9 Å². The topological polar surface area (TPSA) is 29.1 Å². The Hall–Kier alpha value is -1.45. The van der Waals surface area contributed by atoms with E-state index in [0.717, 1.165) is 25.0 Å². The van der Waals surface area contributed by atoms with Crippen molar-refractivity contribution in [2.45, 2.75) is 25.8 Å². The molecular formula is C12H13F2NO. The van der Waals surface area contributed by atoms with Crippen LogP contribution in [0.2, 0.25) is 0 Å². The zero-order chi connectivity index (χ0) is 11.7. The average molecular weight is 225 g/mol. The number of carbonyl (C=O) groups is 1. The van der Waals surface area contributed by atoms with E-state index in [9.17, 15) is 13.6 Å². The summed E-state index contributed by atoms with van der Waals surface area (Å²) >= 11 is 0. The van der Waals surface area contributed by atoms with Crippen molar-refractivity contribution in [3.63, 3.8) is 0 Å². The predicted molar refractivity (Wildman–Crippen MR) is 55.6 cm³/mol. The smallest absolute Gasteiger partial charge is 0.223 e. The van der Waals surface area contributed by atoms with E-state index >= 15 is 0 Å². The molecule has 2 rings (SSSR count). The lowest BCUT2D eigenvalue weighted by Crippen LogP contribution is -2.27. The van der Waals surface area contributed by atoms with Crippen LogP contribution in [0.5, 0.6) is 0 Å². The van der Waals surface area contributed by atoms with Gasteiger partial charge in [-0.1, -0.05) is 6.07 Å². The Morgan fingerprint density at radius 3 is 2.62 bits per heavy atom. The van der Waals surface area contributed by atoms with Crippen LogP contribution in [-0.2, 0) is 4.79 Å². The minimum Gasteiger partial charge on any atom is -0.349 e. The third-order valence-electron chi connectivity index (χ3n) is 2.75. The van der Waals surface area contributed by atoms with Gasteiger partial charge in [0, 0.05) is 5.92 Å². The van der Waals surface area contributed by atoms with Crippen LogP contribution >= 0.6 is 0 Å². The number of nitrogens with one attached hydrogen (secondary N) is 1. The first-order valence-corrected chi connectivity index (χ1v) is 5.33. The Morgan fingerprint density at radius 2 is 2.06 bits per heavy atom. The number of rotatable bonds is 3. The average Bonchev–Trinajstić information content (AvgIpc) is 3.05. The van der Waals surface area contributed by atoms with Gasteiger partial charge < -0.3 is 5.32 Å². The first kappa shape index (κ1) is 11.0. The lowest BCUT2D eigenvalue weighted by molar-refractivity contribution is -0.122. The van der Waals surface area contributed by atoms with Crippen LogP contribution in [0.1, 0.15) is 31.4 Å². The van der Waals surface area contributed by atoms with Crippen molar-refractivity contribution in [2.24, 2.45) is 5.92 Å². The fourth-order valence-corrected chi connectivity index (χ4v) is 1.54. The van der Waals surface area contributed by atoms with Crippen molar-refractivity contribution in [3.8, 4) is 0 Å². The number of hydrogen-bond acceptors (Lipinski definition) is 1. The van der Waals surface area contributed by atoms with E-state index in [1.807, 2.05) is 0 Å². The second-order valence-corrected chi connectivity index (χ2v) is 4.18. The summed E-state index contributed by atoms with van der Waals surface area (Å²) in [4.78, 5) is 11.5. The van der Waals surface area contributed by atoms with E-state index in [0.29, 0.717) is 5.56 Å². The van der Waals surface area contributed by atoms with Crippen molar-refractivity contribution in [2.75, 3.05) is 0 Å². The molecule has 0 aromatic heterocycles. The molecular weight excluding hydrogens is 212 g/mol. The van der Waals surface area contributed by atoms with Gasteiger partial charge in [-0.3, -0.25) is 4.79 Å². The highest BCUT2D eigenvalue weighted by atomic mass is 19.2. The van der Waals surface area contributed by atoms with Crippen LogP contribution in [0.15, 0.2) is 18.2 Å². The summed E-state index contributed by atoms with van der Waals surface area (Å²) < 4.78 is 25.7. The second-order valence-electron chi connectivity index (χ2n) is 4.18. The van der Waals surface area contributed by atoms with Crippen LogP contribution in [0.4, 0.5) is 8.78 Å². The molecule has 0 bridgehead atoms. The highest BCUT2D eigenvalue weighted by Gasteiger charge is 2.30. The van der Waals surface area contributed by atoms with Gasteiger partial charge in [0.25, 0.3) is 0 Å². The Bertz CT molecular complexity index is 415. The monoisotopic (exact) mass is 225 g/mol. The van der Waals surface area contributed by atoms with E-state index in [2.05, 4.69) is 5.32 Å². The molecule has 1 amide bonds. The highest BCUT2D eigenvalue weighted by Crippen LogP contribution is 2.29. The fourth-order valence-electron chi connectivity index (χ4n) is 1.54. The maximum Gasteiger partial charge on any atom is 0.223 e. The van der Waals surface area contributed by atoms with Gasteiger partial charge in [0.05, 0.1) is 6.04 Å². The molecule has 1 aliphatic carbocycles. The van der Waals surface area contributed by atoms with E-state index in [4.69, 9.17) is 0 Å². The minimum atomic E-state index is -0.884. The number of carbonyl (C=O) groups excluding carboxylic acids is 1. The number of halogens is 2. The van der Waals surface area contributed by atoms with Crippen LogP contribution in [0.3, 0.4) is 0 Å². The maximum absolute atomic E-state index is 13.0. The van der Waals surface area contributed by atoms with E-state index in [1.54, 1.807) is 6.92 Å². The molecule has 1 saturated carbocycles. The van der Waals surface area contributed by atoms with Gasteiger partial charge in [0.2, 0.25) is 5.91 Å². The Morgan fingerprint density at radius 1 is 1.38 bits per heavy atom. The van der Waals surface area contributed by atoms with Gasteiger partial charge in [0.1, 0.15) is 0 Å². The summed E-state index contributed by atoms with van der Waals surface area (Å²) in [6.07, 6.45) is 1.85. The Kier molecular flexibility index (Phi) is 2.90. The summed E-state index contributed by atoms with van der Waals surface area (Å²) in [5.41, 5.74) is 0.577. The van der Waals surface area contributed by atoms with E-state index < -0.39 is 11.6 Å². The maximum atomic E-state index is 13.0. The van der Waals surface area contributed by atoms with Crippen LogP contribution in [0, 0.1) is 17.6 Å². The molecule has 1 atom stereocenters. The van der Waals surface area contributed by atoms with Crippen molar-refractivity contribution in [1.82, 2.24) is 5.32 Å². The summed E-state index contributed by atoms with van der Waals surface area (Å²) in [5, 5.41) is 2.78. The molecule has 1 aliphatic rings. The van der Waals surface area contributed by atoms with Crippen LogP contribution in [-0.4, -0.2) is 5.91 Å². The quantitative estimate of drug-likeness (QED) is 0.841. The Balaban J connectivity index is 2.04. The molecule has 0 radical (unpaired) electrons. The summed E-state index contributed by atoms with van der Waals surface area (Å²) in [6.45, 7) is 1.76. The standard InChI is InChI=1S/C12H13F2NO/c1-7(15-12(16)8-2-3-8)9-4-5-10(13)11(14)6-9/h4-8H,2-3H2,1H3,(H,15,16). The van der Waals surface area contributed by atoms with Crippen LogP contribution in [0.25, 0.3) is 0 Å². The van der Waals surface area contributed by atoms with Crippen molar-refractivity contribution < 1.29 is 13.6 Å². The zero-order valence-electron chi connectivity index (χ0n) is 8.97. The largest absolute Gasteiger partial charge is 0.349 e. The Labute approximate surface area is 92.7 Å². The molecule has 1 fully saturated rings. The summed E-state index contributed by atoms with van der Waals surface area (Å²) in [6, 6.07) is 3.39. The fraction of sp³-hybridized carbons (Fsp3) is 0.417. The molecule has 1 N–H and O–H groups in total. The second kappa shape index (κ2) is 4.20. The zero-order valence-corrected chi connectivity index (χ0v) is 8.97. The lowest BCUT2D eigenvalue weighted by Gasteiger charge is -2.14. The molecule has 1 aromatic rings. The van der Waals surface area contributed by atoms with Crippen LogP contribution < -0.4 is 5.32 Å². The normalized spacial score (nSPS) is 16.9. The van der Waals surface area contributed by atoms with E-state index in [1.165, 1.54) is 6.07 Å².